The first kappa shape index (κ1) is 18.3. The van der Waals surface area contributed by atoms with E-state index >= 15 is 0 Å². The van der Waals surface area contributed by atoms with Crippen molar-refractivity contribution >= 4 is 11.8 Å². The number of thioether (sulfide) groups is 1. The zero-order valence-electron chi connectivity index (χ0n) is 15.5. The van der Waals surface area contributed by atoms with Crippen molar-refractivity contribution < 1.29 is 9.47 Å². The molecule has 0 saturated heterocycles. The number of ether oxygens (including phenoxy) is 2. The summed E-state index contributed by atoms with van der Waals surface area (Å²) in [6.07, 6.45) is 0. The first-order chi connectivity index (χ1) is 12.6. The molecule has 0 amide bonds. The van der Waals surface area contributed by atoms with Gasteiger partial charge in [0, 0.05) is 12.8 Å². The quantitative estimate of drug-likeness (QED) is 0.581. The Kier molecular flexibility index (Phi) is 5.83. The van der Waals surface area contributed by atoms with Crippen LogP contribution in [0.1, 0.15) is 22.5 Å². The molecule has 1 aromatic heterocycles. The average Bonchev–Trinajstić information content (AvgIpc) is 3.00. The number of aryl methyl sites for hydroxylation is 2. The largest absolute Gasteiger partial charge is 0.497 e. The first-order valence-electron chi connectivity index (χ1n) is 8.41. The molecule has 26 heavy (non-hydrogen) atoms. The van der Waals surface area contributed by atoms with E-state index in [-0.39, 0.29) is 0 Å². The molecule has 6 heteroatoms. The minimum Gasteiger partial charge on any atom is -0.497 e. The monoisotopic (exact) mass is 369 g/mol. The predicted molar refractivity (Wildman–Crippen MR) is 104 cm³/mol. The molecule has 3 aromatic rings. The third kappa shape index (κ3) is 4.38. The Hall–Kier alpha value is -2.47. The smallest absolute Gasteiger partial charge is 0.191 e. The van der Waals surface area contributed by atoms with Gasteiger partial charge in [-0.3, -0.25) is 0 Å². The van der Waals surface area contributed by atoms with E-state index < -0.39 is 0 Å². The predicted octanol–water partition coefficient (Wildman–Crippen LogP) is 4.31. The third-order valence-corrected chi connectivity index (χ3v) is 5.22. The number of nitrogens with zero attached hydrogens (tertiary/aromatic N) is 3. The second-order valence-corrected chi connectivity index (χ2v) is 7.10. The number of methoxy groups -OCH3 is 1. The van der Waals surface area contributed by atoms with Gasteiger partial charge in [-0.2, -0.15) is 0 Å². The molecule has 0 spiro atoms. The van der Waals surface area contributed by atoms with Gasteiger partial charge in [0.1, 0.15) is 18.1 Å². The molecule has 2 aromatic carbocycles. The Morgan fingerprint density at radius 3 is 2.73 bits per heavy atom. The fourth-order valence-electron chi connectivity index (χ4n) is 2.51. The number of benzene rings is 2. The molecule has 1 heterocycles. The van der Waals surface area contributed by atoms with Gasteiger partial charge < -0.3 is 14.0 Å². The Balaban J connectivity index is 1.63. The van der Waals surface area contributed by atoms with Gasteiger partial charge in [-0.15, -0.1) is 10.2 Å². The number of aromatic nitrogens is 3. The maximum Gasteiger partial charge on any atom is 0.191 e. The average molecular weight is 369 g/mol. The summed E-state index contributed by atoms with van der Waals surface area (Å²) in [6, 6.07) is 14.2. The summed E-state index contributed by atoms with van der Waals surface area (Å²) in [7, 11) is 3.65. The lowest BCUT2D eigenvalue weighted by molar-refractivity contribution is 0.288. The van der Waals surface area contributed by atoms with Crippen LogP contribution >= 0.6 is 11.8 Å². The lowest BCUT2D eigenvalue weighted by atomic mass is 10.1. The summed E-state index contributed by atoms with van der Waals surface area (Å²) < 4.78 is 13.2. The summed E-state index contributed by atoms with van der Waals surface area (Å²) in [4.78, 5) is 0. The number of hydrogen-bond donors (Lipinski definition) is 0. The Morgan fingerprint density at radius 1 is 1.08 bits per heavy atom. The normalized spacial score (nSPS) is 10.8. The topological polar surface area (TPSA) is 49.2 Å². The van der Waals surface area contributed by atoms with E-state index in [0.29, 0.717) is 6.61 Å². The van der Waals surface area contributed by atoms with Crippen LogP contribution in [0.25, 0.3) is 0 Å². The molecule has 0 N–H and O–H groups in total. The van der Waals surface area contributed by atoms with E-state index in [0.717, 1.165) is 33.8 Å². The summed E-state index contributed by atoms with van der Waals surface area (Å²) in [6.45, 7) is 4.50. The molecule has 5 nitrogen and oxygen atoms in total. The summed E-state index contributed by atoms with van der Waals surface area (Å²) >= 11 is 1.65. The molecule has 0 fully saturated rings. The highest BCUT2D eigenvalue weighted by Crippen LogP contribution is 2.24. The SMILES string of the molecule is COc1cccc(CSc2nnc(COc3cc(C)ccc3C)n2C)c1. The molecule has 0 aliphatic heterocycles. The van der Waals surface area contributed by atoms with Crippen LogP contribution in [0.5, 0.6) is 11.5 Å². The molecular formula is C20H23N3O2S. The molecule has 0 radical (unpaired) electrons. The maximum atomic E-state index is 5.94. The van der Waals surface area contributed by atoms with Crippen LogP contribution in [-0.2, 0) is 19.4 Å². The van der Waals surface area contributed by atoms with Gasteiger partial charge in [0.15, 0.2) is 11.0 Å². The molecule has 0 aliphatic rings. The van der Waals surface area contributed by atoms with Crippen molar-refractivity contribution in [2.75, 3.05) is 7.11 Å². The van der Waals surface area contributed by atoms with Crippen molar-refractivity contribution in [3.63, 3.8) is 0 Å². The molecule has 3 rings (SSSR count). The van der Waals surface area contributed by atoms with Gasteiger partial charge in [0.05, 0.1) is 7.11 Å². The fraction of sp³-hybridized carbons (Fsp3) is 0.300. The minimum atomic E-state index is 0.396. The highest BCUT2D eigenvalue weighted by Gasteiger charge is 2.11. The van der Waals surface area contributed by atoms with E-state index in [4.69, 9.17) is 9.47 Å². The standard InChI is InChI=1S/C20H23N3O2S/c1-14-8-9-15(2)18(10-14)25-12-19-21-22-20(23(19)3)26-13-16-6-5-7-17(11-16)24-4/h5-11H,12-13H2,1-4H3. The van der Waals surface area contributed by atoms with E-state index in [1.54, 1.807) is 18.9 Å². The molecule has 0 unspecified atom stereocenters. The first-order valence-corrected chi connectivity index (χ1v) is 9.39. The second-order valence-electron chi connectivity index (χ2n) is 6.16. The van der Waals surface area contributed by atoms with Gasteiger partial charge in [-0.05, 0) is 48.7 Å². The van der Waals surface area contributed by atoms with Crippen molar-refractivity contribution in [1.82, 2.24) is 14.8 Å². The van der Waals surface area contributed by atoms with Crippen molar-refractivity contribution in [3.8, 4) is 11.5 Å². The van der Waals surface area contributed by atoms with E-state index in [2.05, 4.69) is 35.3 Å². The highest BCUT2D eigenvalue weighted by molar-refractivity contribution is 7.98. The highest BCUT2D eigenvalue weighted by atomic mass is 32.2. The van der Waals surface area contributed by atoms with Gasteiger partial charge in [0.2, 0.25) is 0 Å². The van der Waals surface area contributed by atoms with E-state index in [1.807, 2.05) is 42.8 Å². The molecule has 0 atom stereocenters. The molecule has 0 bridgehead atoms. The maximum absolute atomic E-state index is 5.94. The summed E-state index contributed by atoms with van der Waals surface area (Å²) in [5.41, 5.74) is 3.48. The molecule has 0 aliphatic carbocycles. The van der Waals surface area contributed by atoms with Crippen LogP contribution in [0, 0.1) is 13.8 Å². The van der Waals surface area contributed by atoms with Crippen molar-refractivity contribution in [3.05, 3.63) is 65.0 Å². The lowest BCUT2D eigenvalue weighted by Gasteiger charge is -2.10. The number of rotatable bonds is 7. The van der Waals surface area contributed by atoms with Crippen LogP contribution in [0.4, 0.5) is 0 Å². The minimum absolute atomic E-state index is 0.396. The van der Waals surface area contributed by atoms with Crippen molar-refractivity contribution in [2.45, 2.75) is 31.4 Å². The van der Waals surface area contributed by atoms with E-state index in [9.17, 15) is 0 Å². The van der Waals surface area contributed by atoms with Crippen LogP contribution in [0.2, 0.25) is 0 Å². The van der Waals surface area contributed by atoms with Gasteiger partial charge in [-0.1, -0.05) is 36.0 Å². The van der Waals surface area contributed by atoms with Gasteiger partial charge in [-0.25, -0.2) is 0 Å². The molecular weight excluding hydrogens is 346 g/mol. The zero-order chi connectivity index (χ0) is 18.5. The zero-order valence-corrected chi connectivity index (χ0v) is 16.3. The van der Waals surface area contributed by atoms with Gasteiger partial charge >= 0.3 is 0 Å². The summed E-state index contributed by atoms with van der Waals surface area (Å²) in [5, 5.41) is 9.43. The van der Waals surface area contributed by atoms with Crippen LogP contribution in [-0.4, -0.2) is 21.9 Å². The fourth-order valence-corrected chi connectivity index (χ4v) is 3.38. The second kappa shape index (κ2) is 8.27. The van der Waals surface area contributed by atoms with Crippen LogP contribution in [0.15, 0.2) is 47.6 Å². The Labute approximate surface area is 158 Å². The van der Waals surface area contributed by atoms with Crippen molar-refractivity contribution in [1.29, 1.82) is 0 Å². The Morgan fingerprint density at radius 2 is 1.92 bits per heavy atom. The van der Waals surface area contributed by atoms with E-state index in [1.165, 1.54) is 11.1 Å². The number of hydrogen-bond acceptors (Lipinski definition) is 5. The van der Waals surface area contributed by atoms with Crippen molar-refractivity contribution in [2.24, 2.45) is 7.05 Å². The van der Waals surface area contributed by atoms with Gasteiger partial charge in [0.25, 0.3) is 0 Å². The lowest BCUT2D eigenvalue weighted by Crippen LogP contribution is -2.05. The molecule has 0 saturated carbocycles. The Bertz CT molecular complexity index is 893. The summed E-state index contributed by atoms with van der Waals surface area (Å²) in [5.74, 6) is 3.36. The third-order valence-electron chi connectivity index (χ3n) is 4.13. The van der Waals surface area contributed by atoms with Crippen LogP contribution in [0.3, 0.4) is 0 Å². The molecule has 136 valence electrons. The van der Waals surface area contributed by atoms with Crippen LogP contribution < -0.4 is 9.47 Å².